The number of aryl methyl sites for hydroxylation is 1. The highest BCUT2D eigenvalue weighted by molar-refractivity contribution is 5.38. The Labute approximate surface area is 79.7 Å². The minimum Gasteiger partial charge on any atom is -0.186 e. The van der Waals surface area contributed by atoms with Crippen molar-refractivity contribution in [3.63, 3.8) is 0 Å². The molecule has 0 saturated carbocycles. The van der Waals surface area contributed by atoms with Crippen LogP contribution in [0.2, 0.25) is 0 Å². The van der Waals surface area contributed by atoms with E-state index in [1.165, 1.54) is 5.56 Å². The van der Waals surface area contributed by atoms with Crippen molar-refractivity contribution < 1.29 is 0 Å². The van der Waals surface area contributed by atoms with Crippen LogP contribution in [0, 0.1) is 0 Å². The molecule has 0 aliphatic rings. The van der Waals surface area contributed by atoms with Gasteiger partial charge < -0.3 is 0 Å². The number of hydrogen-bond donors (Lipinski definition) is 0. The molecule has 0 fully saturated rings. The molecule has 0 aromatic heterocycles. The van der Waals surface area contributed by atoms with Gasteiger partial charge >= 0.3 is 0 Å². The van der Waals surface area contributed by atoms with Crippen molar-refractivity contribution in [2.45, 2.75) is 33.2 Å². The van der Waals surface area contributed by atoms with Crippen LogP contribution in [0.15, 0.2) is 34.5 Å². The van der Waals surface area contributed by atoms with Crippen molar-refractivity contribution >= 4 is 5.69 Å². The van der Waals surface area contributed by atoms with Crippen LogP contribution in [0.5, 0.6) is 0 Å². The largest absolute Gasteiger partial charge is 0.186 e. The van der Waals surface area contributed by atoms with Crippen molar-refractivity contribution in [1.82, 2.24) is 0 Å². The summed E-state index contributed by atoms with van der Waals surface area (Å²) in [5.41, 5.74) is 2.27. The third-order valence-electron chi connectivity index (χ3n) is 1.75. The molecule has 0 aliphatic carbocycles. The van der Waals surface area contributed by atoms with Crippen molar-refractivity contribution in [3.05, 3.63) is 29.8 Å². The molecule has 1 aromatic carbocycles. The quantitative estimate of drug-likeness (QED) is 0.627. The maximum absolute atomic E-state index is 4.11. The number of rotatable bonds is 3. The number of hydrogen-bond acceptors (Lipinski definition) is 2. The average molecular weight is 176 g/mol. The highest BCUT2D eigenvalue weighted by atomic mass is 15.1. The lowest BCUT2D eigenvalue weighted by atomic mass is 10.2. The van der Waals surface area contributed by atoms with Gasteiger partial charge in [0.1, 0.15) is 0 Å². The zero-order chi connectivity index (χ0) is 9.68. The Bertz CT molecular complexity index is 273. The second kappa shape index (κ2) is 4.75. The van der Waals surface area contributed by atoms with Crippen LogP contribution in [0.3, 0.4) is 0 Å². The fourth-order valence-electron chi connectivity index (χ4n) is 0.980. The monoisotopic (exact) mass is 176 g/mol. The summed E-state index contributed by atoms with van der Waals surface area (Å²) < 4.78 is 0. The Kier molecular flexibility index (Phi) is 3.62. The third-order valence-corrected chi connectivity index (χ3v) is 1.75. The molecule has 0 spiro atoms. The Morgan fingerprint density at radius 3 is 2.23 bits per heavy atom. The maximum atomic E-state index is 4.11. The van der Waals surface area contributed by atoms with Gasteiger partial charge in [0.15, 0.2) is 0 Å². The lowest BCUT2D eigenvalue weighted by Gasteiger charge is -1.97. The van der Waals surface area contributed by atoms with Gasteiger partial charge in [-0.3, -0.25) is 0 Å². The fourth-order valence-corrected chi connectivity index (χ4v) is 0.980. The highest BCUT2D eigenvalue weighted by Gasteiger charge is 1.91. The molecule has 0 radical (unpaired) electrons. The summed E-state index contributed by atoms with van der Waals surface area (Å²) in [5.74, 6) is 0. The molecule has 0 heterocycles. The van der Waals surface area contributed by atoms with E-state index in [4.69, 9.17) is 0 Å². The third kappa shape index (κ3) is 3.36. The fraction of sp³-hybridized carbons (Fsp3) is 0.455. The summed E-state index contributed by atoms with van der Waals surface area (Å²) in [7, 11) is 0. The molecule has 0 N–H and O–H groups in total. The van der Waals surface area contributed by atoms with Gasteiger partial charge in [0.25, 0.3) is 0 Å². The lowest BCUT2D eigenvalue weighted by molar-refractivity contribution is 0.779. The van der Waals surface area contributed by atoms with Crippen molar-refractivity contribution in [1.29, 1.82) is 0 Å². The smallest absolute Gasteiger partial charge is 0.0852 e. The number of benzene rings is 1. The topological polar surface area (TPSA) is 24.7 Å². The molecule has 0 bridgehead atoms. The van der Waals surface area contributed by atoms with E-state index in [0.29, 0.717) is 0 Å². The second-order valence-corrected chi connectivity index (χ2v) is 3.33. The normalized spacial score (nSPS) is 11.4. The predicted octanol–water partition coefficient (Wildman–Crippen LogP) is 3.74. The first kappa shape index (κ1) is 9.90. The summed E-state index contributed by atoms with van der Waals surface area (Å²) >= 11 is 0. The van der Waals surface area contributed by atoms with Crippen molar-refractivity contribution in [2.75, 3.05) is 0 Å². The van der Waals surface area contributed by atoms with Gasteiger partial charge in [0.05, 0.1) is 11.7 Å². The zero-order valence-corrected chi connectivity index (χ0v) is 8.49. The highest BCUT2D eigenvalue weighted by Crippen LogP contribution is 2.14. The van der Waals surface area contributed by atoms with Crippen LogP contribution in [0.1, 0.15) is 26.3 Å². The van der Waals surface area contributed by atoms with Gasteiger partial charge in [-0.1, -0.05) is 19.1 Å². The number of nitrogens with zero attached hydrogens (tertiary/aromatic N) is 2. The maximum Gasteiger partial charge on any atom is 0.0852 e. The Hall–Kier alpha value is -1.18. The zero-order valence-electron chi connectivity index (χ0n) is 8.49. The first-order valence-corrected chi connectivity index (χ1v) is 4.72. The minimum atomic E-state index is 0.269. The van der Waals surface area contributed by atoms with E-state index in [2.05, 4.69) is 29.3 Å². The van der Waals surface area contributed by atoms with Gasteiger partial charge in [-0.05, 0) is 38.0 Å². The van der Waals surface area contributed by atoms with Gasteiger partial charge in [0, 0.05) is 0 Å². The summed E-state index contributed by atoms with van der Waals surface area (Å²) in [4.78, 5) is 0. The van der Waals surface area contributed by atoms with Gasteiger partial charge in [-0.15, -0.1) is 0 Å². The molecule has 0 saturated heterocycles. The van der Waals surface area contributed by atoms with E-state index in [1.54, 1.807) is 0 Å². The summed E-state index contributed by atoms with van der Waals surface area (Å²) in [6, 6.07) is 8.46. The van der Waals surface area contributed by atoms with Crippen LogP contribution in [0.4, 0.5) is 5.69 Å². The summed E-state index contributed by atoms with van der Waals surface area (Å²) in [5, 5.41) is 8.18. The number of azo groups is 1. The first-order valence-electron chi connectivity index (χ1n) is 4.72. The SMILES string of the molecule is CCc1ccc(N=NC(C)C)cc1. The molecule has 0 unspecified atom stereocenters. The Morgan fingerprint density at radius 1 is 1.15 bits per heavy atom. The molecule has 0 aliphatic heterocycles. The molecule has 1 rings (SSSR count). The van der Waals surface area contributed by atoms with Crippen LogP contribution in [-0.4, -0.2) is 6.04 Å². The molecule has 70 valence electrons. The van der Waals surface area contributed by atoms with Crippen LogP contribution >= 0.6 is 0 Å². The average Bonchev–Trinajstić information content (AvgIpc) is 2.15. The van der Waals surface area contributed by atoms with E-state index in [0.717, 1.165) is 12.1 Å². The van der Waals surface area contributed by atoms with Crippen molar-refractivity contribution in [3.8, 4) is 0 Å². The van der Waals surface area contributed by atoms with Gasteiger partial charge in [-0.25, -0.2) is 0 Å². The molecule has 0 amide bonds. The molecular weight excluding hydrogens is 160 g/mol. The molecule has 13 heavy (non-hydrogen) atoms. The van der Waals surface area contributed by atoms with Gasteiger partial charge in [-0.2, -0.15) is 10.2 Å². The van der Waals surface area contributed by atoms with Crippen LogP contribution < -0.4 is 0 Å². The molecule has 2 nitrogen and oxygen atoms in total. The second-order valence-electron chi connectivity index (χ2n) is 3.33. The molecule has 1 aromatic rings. The Morgan fingerprint density at radius 2 is 1.77 bits per heavy atom. The van der Waals surface area contributed by atoms with E-state index in [-0.39, 0.29) is 6.04 Å². The Balaban J connectivity index is 2.69. The predicted molar refractivity (Wildman–Crippen MR) is 55.5 cm³/mol. The van der Waals surface area contributed by atoms with Crippen LogP contribution in [0.25, 0.3) is 0 Å². The first-order chi connectivity index (χ1) is 6.22. The standard InChI is InChI=1S/C11H16N2/c1-4-10-5-7-11(8-6-10)13-12-9(2)3/h5-9H,4H2,1-3H3. The lowest BCUT2D eigenvalue weighted by Crippen LogP contribution is -1.84. The van der Waals surface area contributed by atoms with Crippen LogP contribution in [-0.2, 0) is 6.42 Å². The van der Waals surface area contributed by atoms with E-state index < -0.39 is 0 Å². The molecule has 0 atom stereocenters. The van der Waals surface area contributed by atoms with Gasteiger partial charge in [0.2, 0.25) is 0 Å². The van der Waals surface area contributed by atoms with E-state index in [1.807, 2.05) is 26.0 Å². The summed E-state index contributed by atoms with van der Waals surface area (Å²) in [6.07, 6.45) is 1.07. The summed E-state index contributed by atoms with van der Waals surface area (Å²) in [6.45, 7) is 6.18. The van der Waals surface area contributed by atoms with E-state index >= 15 is 0 Å². The van der Waals surface area contributed by atoms with E-state index in [9.17, 15) is 0 Å². The molecule has 2 heteroatoms. The molecular formula is C11H16N2. The van der Waals surface area contributed by atoms with Crippen molar-refractivity contribution in [2.24, 2.45) is 10.2 Å². The minimum absolute atomic E-state index is 0.269.